The van der Waals surface area contributed by atoms with Crippen molar-refractivity contribution in [2.24, 2.45) is 23.5 Å². The highest BCUT2D eigenvalue weighted by Gasteiger charge is 2.30. The van der Waals surface area contributed by atoms with E-state index in [1.54, 1.807) is 11.8 Å². The van der Waals surface area contributed by atoms with Crippen LogP contribution >= 0.6 is 11.8 Å². The number of unbranched alkanes of at least 4 members (excludes halogenated alkanes) is 1. The normalized spacial score (nSPS) is 14.2. The number of carbonyl (C=O) groups is 5. The number of thioether (sulfide) groups is 1. The lowest BCUT2D eigenvalue weighted by Crippen LogP contribution is -2.46. The van der Waals surface area contributed by atoms with Gasteiger partial charge in [0.15, 0.2) is 5.78 Å². The van der Waals surface area contributed by atoms with E-state index in [-0.39, 0.29) is 42.1 Å². The highest BCUT2D eigenvalue weighted by molar-refractivity contribution is 7.98. The molecule has 0 heterocycles. The highest BCUT2D eigenvalue weighted by atomic mass is 32.2. The van der Waals surface area contributed by atoms with Crippen LogP contribution in [0.2, 0.25) is 0 Å². The average molecular weight is 562 g/mol. The van der Waals surface area contributed by atoms with Gasteiger partial charge in [0.1, 0.15) is 12.1 Å². The van der Waals surface area contributed by atoms with Crippen molar-refractivity contribution in [3.05, 3.63) is 35.9 Å². The van der Waals surface area contributed by atoms with E-state index in [0.717, 1.165) is 17.6 Å². The lowest BCUT2D eigenvalue weighted by atomic mass is 9.88. The molecule has 0 saturated heterocycles. The Morgan fingerprint density at radius 2 is 1.69 bits per heavy atom. The van der Waals surface area contributed by atoms with Gasteiger partial charge in [0.2, 0.25) is 11.8 Å². The van der Waals surface area contributed by atoms with E-state index in [1.807, 2.05) is 50.4 Å². The molecule has 9 heteroatoms. The first-order chi connectivity index (χ1) is 18.6. The maximum atomic E-state index is 13.5. The molecule has 4 atom stereocenters. The molecule has 2 amide bonds. The molecule has 218 valence electrons. The fourth-order valence-electron chi connectivity index (χ4n) is 4.35. The predicted octanol–water partition coefficient (Wildman–Crippen LogP) is 3.50. The summed E-state index contributed by atoms with van der Waals surface area (Å²) in [6.07, 6.45) is 6.18. The first-order valence-corrected chi connectivity index (χ1v) is 15.3. The van der Waals surface area contributed by atoms with Crippen LogP contribution in [0.25, 0.3) is 0 Å². The third-order valence-electron chi connectivity index (χ3n) is 6.74. The Balaban J connectivity index is 2.93. The van der Waals surface area contributed by atoms with Crippen molar-refractivity contribution in [2.75, 3.05) is 18.6 Å². The number of hydrogen-bond acceptors (Lipinski definition) is 7. The number of hydrogen-bond donors (Lipinski definition) is 3. The zero-order chi connectivity index (χ0) is 29.2. The molecule has 4 unspecified atom stereocenters. The van der Waals surface area contributed by atoms with E-state index >= 15 is 0 Å². The van der Waals surface area contributed by atoms with E-state index in [2.05, 4.69) is 10.6 Å². The first kappa shape index (κ1) is 34.5. The molecule has 0 aliphatic rings. The second-order valence-electron chi connectivity index (χ2n) is 10.6. The van der Waals surface area contributed by atoms with E-state index in [4.69, 9.17) is 5.73 Å². The van der Waals surface area contributed by atoms with Crippen LogP contribution in [0.4, 0.5) is 0 Å². The van der Waals surface area contributed by atoms with Crippen LogP contribution in [-0.4, -0.2) is 60.3 Å². The van der Waals surface area contributed by atoms with E-state index in [9.17, 15) is 24.0 Å². The smallest absolute Gasteiger partial charge is 0.224 e. The third-order valence-corrected chi connectivity index (χ3v) is 7.38. The lowest BCUT2D eigenvalue weighted by Gasteiger charge is -2.24. The van der Waals surface area contributed by atoms with Gasteiger partial charge in [-0.1, -0.05) is 44.2 Å². The molecule has 0 bridgehead atoms. The van der Waals surface area contributed by atoms with E-state index in [0.29, 0.717) is 45.1 Å². The summed E-state index contributed by atoms with van der Waals surface area (Å²) in [6, 6.07) is 8.34. The van der Waals surface area contributed by atoms with Gasteiger partial charge in [-0.2, -0.15) is 11.8 Å². The number of nitrogens with one attached hydrogen (secondary N) is 2. The Kier molecular flexibility index (Phi) is 17.3. The molecule has 0 aliphatic heterocycles. The molecular weight excluding hydrogens is 514 g/mol. The Morgan fingerprint density at radius 1 is 1.00 bits per heavy atom. The molecule has 4 N–H and O–H groups in total. The van der Waals surface area contributed by atoms with Crippen molar-refractivity contribution in [2.45, 2.75) is 84.2 Å². The number of carbonyl (C=O) groups excluding carboxylic acids is 5. The molecule has 0 radical (unpaired) electrons. The Bertz CT molecular complexity index is 909. The number of nitrogens with two attached hydrogens (primary N) is 1. The molecule has 0 aliphatic carbocycles. The van der Waals surface area contributed by atoms with Crippen molar-refractivity contribution in [1.82, 2.24) is 10.6 Å². The highest BCUT2D eigenvalue weighted by Crippen LogP contribution is 2.19. The van der Waals surface area contributed by atoms with Crippen molar-refractivity contribution in [3.8, 4) is 0 Å². The SMILES string of the molecule is CSCCC(CC=O)C(=O)NC(CC(C)C)C(=O)CC(Cc1ccccc1)C(=O)NCCCCC(N)C(C)=O. The lowest BCUT2D eigenvalue weighted by molar-refractivity contribution is -0.133. The van der Waals surface area contributed by atoms with Crippen LogP contribution in [0.1, 0.15) is 71.3 Å². The zero-order valence-corrected chi connectivity index (χ0v) is 24.8. The first-order valence-electron chi connectivity index (χ1n) is 13.9. The van der Waals surface area contributed by atoms with Gasteiger partial charge in [-0.25, -0.2) is 0 Å². The minimum absolute atomic E-state index is 0.00321. The fraction of sp³-hybridized carbons (Fsp3) is 0.633. The zero-order valence-electron chi connectivity index (χ0n) is 23.9. The molecule has 0 fully saturated rings. The molecule has 1 aromatic carbocycles. The summed E-state index contributed by atoms with van der Waals surface area (Å²) in [5, 5.41) is 5.85. The number of aldehydes is 1. The van der Waals surface area contributed by atoms with Crippen LogP contribution in [0.15, 0.2) is 30.3 Å². The maximum Gasteiger partial charge on any atom is 0.224 e. The third kappa shape index (κ3) is 14.4. The molecule has 0 spiro atoms. The summed E-state index contributed by atoms with van der Waals surface area (Å²) >= 11 is 1.60. The molecular formula is C30H47N3O5S. The second-order valence-corrected chi connectivity index (χ2v) is 11.6. The van der Waals surface area contributed by atoms with Gasteiger partial charge in [-0.05, 0) is 68.9 Å². The minimum Gasteiger partial charge on any atom is -0.356 e. The van der Waals surface area contributed by atoms with Gasteiger partial charge >= 0.3 is 0 Å². The summed E-state index contributed by atoms with van der Waals surface area (Å²) in [5.74, 6) is -0.905. The Morgan fingerprint density at radius 3 is 2.28 bits per heavy atom. The van der Waals surface area contributed by atoms with E-state index in [1.165, 1.54) is 6.92 Å². The standard InChI is InChI=1S/C30H47N3O5S/c1-21(2)18-27(33-30(38)24(13-16-34)14-17-39-4)28(36)20-25(19-23-10-6-5-7-11-23)29(37)32-15-9-8-12-26(31)22(3)35/h5-7,10-11,16,21,24-27H,8-9,12-15,17-20,31H2,1-4H3,(H,32,37)(H,33,38). The predicted molar refractivity (Wildman–Crippen MR) is 157 cm³/mol. The van der Waals surface area contributed by atoms with Gasteiger partial charge in [0, 0.05) is 31.2 Å². The van der Waals surface area contributed by atoms with Gasteiger partial charge in [-0.3, -0.25) is 19.2 Å². The van der Waals surface area contributed by atoms with Crippen molar-refractivity contribution in [1.29, 1.82) is 0 Å². The van der Waals surface area contributed by atoms with Crippen molar-refractivity contribution < 1.29 is 24.0 Å². The van der Waals surface area contributed by atoms with Crippen LogP contribution in [-0.2, 0) is 30.4 Å². The van der Waals surface area contributed by atoms with Crippen molar-refractivity contribution >= 4 is 41.4 Å². The topological polar surface area (TPSA) is 135 Å². The summed E-state index contributed by atoms with van der Waals surface area (Å²) < 4.78 is 0. The summed E-state index contributed by atoms with van der Waals surface area (Å²) in [7, 11) is 0. The summed E-state index contributed by atoms with van der Waals surface area (Å²) in [6.45, 7) is 5.86. The minimum atomic E-state index is -0.722. The summed E-state index contributed by atoms with van der Waals surface area (Å²) in [5.41, 5.74) is 6.73. The fourth-order valence-corrected chi connectivity index (χ4v) is 4.87. The largest absolute Gasteiger partial charge is 0.356 e. The maximum absolute atomic E-state index is 13.5. The molecule has 0 saturated carbocycles. The van der Waals surface area contributed by atoms with Crippen molar-refractivity contribution in [3.63, 3.8) is 0 Å². The molecule has 39 heavy (non-hydrogen) atoms. The molecule has 8 nitrogen and oxygen atoms in total. The number of amides is 2. The van der Waals surface area contributed by atoms with Gasteiger partial charge < -0.3 is 21.2 Å². The summed E-state index contributed by atoms with van der Waals surface area (Å²) in [4.78, 5) is 62.2. The quantitative estimate of drug-likeness (QED) is 0.154. The Labute approximate surface area is 238 Å². The van der Waals surface area contributed by atoms with Gasteiger partial charge in [0.25, 0.3) is 0 Å². The van der Waals surface area contributed by atoms with E-state index < -0.39 is 23.9 Å². The van der Waals surface area contributed by atoms with Gasteiger partial charge in [0.05, 0.1) is 12.1 Å². The number of Topliss-reactive ketones (excluding diaryl/α,β-unsaturated/α-hetero) is 2. The number of benzene rings is 1. The Hall–Kier alpha value is -2.52. The van der Waals surface area contributed by atoms with Gasteiger partial charge in [-0.15, -0.1) is 0 Å². The number of rotatable bonds is 21. The second kappa shape index (κ2) is 19.5. The molecule has 0 aromatic heterocycles. The van der Waals surface area contributed by atoms with Crippen LogP contribution in [0.5, 0.6) is 0 Å². The number of ketones is 2. The van der Waals surface area contributed by atoms with Crippen LogP contribution < -0.4 is 16.4 Å². The molecule has 1 aromatic rings. The monoisotopic (exact) mass is 561 g/mol. The molecule has 1 rings (SSSR count). The van der Waals surface area contributed by atoms with Crippen LogP contribution in [0.3, 0.4) is 0 Å². The van der Waals surface area contributed by atoms with Crippen LogP contribution in [0, 0.1) is 17.8 Å². The average Bonchev–Trinajstić information content (AvgIpc) is 2.89.